The van der Waals surface area contributed by atoms with E-state index in [0.29, 0.717) is 13.2 Å². The summed E-state index contributed by atoms with van der Waals surface area (Å²) in [5.41, 5.74) is 3.53. The van der Waals surface area contributed by atoms with Crippen molar-refractivity contribution in [2.24, 2.45) is 0 Å². The Balaban J connectivity index is 2.02. The van der Waals surface area contributed by atoms with Gasteiger partial charge in [0.25, 0.3) is 5.91 Å². The second-order valence-electron chi connectivity index (χ2n) is 5.08. The Hall–Kier alpha value is -0.870. The van der Waals surface area contributed by atoms with Crippen LogP contribution in [0, 0.1) is 0 Å². The van der Waals surface area contributed by atoms with Crippen molar-refractivity contribution in [1.29, 1.82) is 0 Å². The van der Waals surface area contributed by atoms with Crippen LogP contribution < -0.4 is 0 Å². The van der Waals surface area contributed by atoms with E-state index in [1.165, 1.54) is 17.5 Å². The number of nitrogens with zero attached hydrogens (tertiary/aromatic N) is 1. The van der Waals surface area contributed by atoms with Gasteiger partial charge in [0.1, 0.15) is 0 Å². The number of carbonyl (C=O) groups is 1. The van der Waals surface area contributed by atoms with E-state index in [4.69, 9.17) is 4.74 Å². The zero-order chi connectivity index (χ0) is 13.8. The largest absolute Gasteiger partial charge is 0.383 e. The highest BCUT2D eigenvalue weighted by molar-refractivity contribution is 9.09. The van der Waals surface area contributed by atoms with Crippen LogP contribution in [0.4, 0.5) is 0 Å². The second-order valence-corrected chi connectivity index (χ2v) is 6.37. The Morgan fingerprint density at radius 2 is 2.16 bits per heavy atom. The van der Waals surface area contributed by atoms with Gasteiger partial charge in [-0.15, -0.1) is 0 Å². The third-order valence-electron chi connectivity index (χ3n) is 3.51. The minimum Gasteiger partial charge on any atom is -0.383 e. The van der Waals surface area contributed by atoms with Gasteiger partial charge in [0.15, 0.2) is 0 Å². The Morgan fingerprint density at radius 3 is 2.89 bits per heavy atom. The summed E-state index contributed by atoms with van der Waals surface area (Å²) in [6, 6.07) is 6.10. The van der Waals surface area contributed by atoms with Gasteiger partial charge in [-0.3, -0.25) is 4.79 Å². The van der Waals surface area contributed by atoms with Crippen molar-refractivity contribution in [3.63, 3.8) is 0 Å². The number of aryl methyl sites for hydroxylation is 2. The molecule has 0 fully saturated rings. The van der Waals surface area contributed by atoms with Crippen molar-refractivity contribution >= 4 is 21.8 Å². The first-order chi connectivity index (χ1) is 9.11. The molecule has 0 spiro atoms. The minimum atomic E-state index is 0.0789. The third kappa shape index (κ3) is 3.57. The van der Waals surface area contributed by atoms with E-state index in [9.17, 15) is 4.79 Å². The first-order valence-corrected chi connectivity index (χ1v) is 7.53. The van der Waals surface area contributed by atoms with Crippen molar-refractivity contribution in [2.75, 3.05) is 27.3 Å². The van der Waals surface area contributed by atoms with Crippen LogP contribution in [-0.2, 0) is 17.6 Å². The highest BCUT2D eigenvalue weighted by atomic mass is 79.9. The number of carbonyl (C=O) groups excluding carboxylic acids is 1. The molecule has 1 atom stereocenters. The van der Waals surface area contributed by atoms with Gasteiger partial charge in [0, 0.05) is 26.3 Å². The summed E-state index contributed by atoms with van der Waals surface area (Å²) in [4.78, 5) is 14.3. The molecule has 2 rings (SSSR count). The summed E-state index contributed by atoms with van der Waals surface area (Å²) in [6.45, 7) is 1.24. The summed E-state index contributed by atoms with van der Waals surface area (Å²) in [7, 11) is 3.50. The molecule has 1 aromatic rings. The fourth-order valence-corrected chi connectivity index (χ4v) is 3.24. The van der Waals surface area contributed by atoms with Gasteiger partial charge in [-0.05, 0) is 42.5 Å². The minimum absolute atomic E-state index is 0.0789. The number of hydrogen-bond donors (Lipinski definition) is 0. The number of halogens is 1. The van der Waals surface area contributed by atoms with E-state index in [0.717, 1.165) is 18.4 Å². The molecule has 0 aromatic heterocycles. The Labute approximate surface area is 123 Å². The lowest BCUT2D eigenvalue weighted by Gasteiger charge is -2.20. The fraction of sp³-hybridized carbons (Fsp3) is 0.533. The fourth-order valence-electron chi connectivity index (χ4n) is 2.54. The molecule has 1 aliphatic rings. The number of rotatable bonds is 5. The van der Waals surface area contributed by atoms with Crippen molar-refractivity contribution in [3.8, 4) is 0 Å². The SMILES string of the molecule is COCC(Br)CN(C)C(=O)c1ccc2c(c1)CCC2. The third-order valence-corrected chi connectivity index (χ3v) is 4.07. The molecule has 0 saturated carbocycles. The Morgan fingerprint density at radius 1 is 1.42 bits per heavy atom. The maximum atomic E-state index is 12.3. The lowest BCUT2D eigenvalue weighted by molar-refractivity contribution is 0.0784. The van der Waals surface area contributed by atoms with E-state index < -0.39 is 0 Å². The van der Waals surface area contributed by atoms with E-state index in [1.54, 1.807) is 12.0 Å². The Kier molecular flexibility index (Phi) is 4.99. The van der Waals surface area contributed by atoms with Crippen molar-refractivity contribution in [2.45, 2.75) is 24.1 Å². The molecular formula is C15H20BrNO2. The summed E-state index contributed by atoms with van der Waals surface area (Å²) >= 11 is 3.51. The second kappa shape index (κ2) is 6.53. The van der Waals surface area contributed by atoms with Crippen LogP contribution in [0.2, 0.25) is 0 Å². The predicted molar refractivity (Wildman–Crippen MR) is 80.0 cm³/mol. The van der Waals surface area contributed by atoms with Crippen LogP contribution in [0.15, 0.2) is 18.2 Å². The topological polar surface area (TPSA) is 29.5 Å². The first kappa shape index (κ1) is 14.5. The predicted octanol–water partition coefficient (Wildman–Crippen LogP) is 2.66. The average Bonchev–Trinajstić information content (AvgIpc) is 2.85. The maximum absolute atomic E-state index is 12.3. The van der Waals surface area contributed by atoms with Crippen molar-refractivity contribution in [3.05, 3.63) is 34.9 Å². The van der Waals surface area contributed by atoms with E-state index in [1.807, 2.05) is 13.1 Å². The highest BCUT2D eigenvalue weighted by Crippen LogP contribution is 2.23. The van der Waals surface area contributed by atoms with Gasteiger partial charge in [0.2, 0.25) is 0 Å². The number of fused-ring (bicyclic) bond motifs is 1. The maximum Gasteiger partial charge on any atom is 0.253 e. The van der Waals surface area contributed by atoms with Crippen LogP contribution >= 0.6 is 15.9 Å². The lowest BCUT2D eigenvalue weighted by atomic mass is 10.1. The quantitative estimate of drug-likeness (QED) is 0.779. The molecule has 0 N–H and O–H groups in total. The normalized spacial score (nSPS) is 15.1. The lowest BCUT2D eigenvalue weighted by Crippen LogP contribution is -2.33. The number of amides is 1. The van der Waals surface area contributed by atoms with Gasteiger partial charge >= 0.3 is 0 Å². The number of ether oxygens (including phenoxy) is 1. The van der Waals surface area contributed by atoms with Crippen molar-refractivity contribution < 1.29 is 9.53 Å². The molecule has 0 bridgehead atoms. The van der Waals surface area contributed by atoms with Gasteiger partial charge in [-0.2, -0.15) is 0 Å². The first-order valence-electron chi connectivity index (χ1n) is 6.62. The van der Waals surface area contributed by atoms with E-state index >= 15 is 0 Å². The van der Waals surface area contributed by atoms with Crippen molar-refractivity contribution in [1.82, 2.24) is 4.90 Å². The van der Waals surface area contributed by atoms with Crippen LogP contribution in [0.3, 0.4) is 0 Å². The average molecular weight is 326 g/mol. The molecular weight excluding hydrogens is 306 g/mol. The molecule has 104 valence electrons. The monoisotopic (exact) mass is 325 g/mol. The molecule has 0 radical (unpaired) electrons. The van der Waals surface area contributed by atoms with E-state index in [2.05, 4.69) is 28.1 Å². The van der Waals surface area contributed by atoms with E-state index in [-0.39, 0.29) is 10.7 Å². The highest BCUT2D eigenvalue weighted by Gasteiger charge is 2.18. The summed E-state index contributed by atoms with van der Waals surface area (Å²) in [5.74, 6) is 0.0789. The van der Waals surface area contributed by atoms with Crippen LogP contribution in [0.1, 0.15) is 27.9 Å². The Bertz CT molecular complexity index is 461. The molecule has 1 aromatic carbocycles. The molecule has 1 aliphatic carbocycles. The number of alkyl halides is 1. The van der Waals surface area contributed by atoms with Gasteiger partial charge < -0.3 is 9.64 Å². The molecule has 3 nitrogen and oxygen atoms in total. The molecule has 1 amide bonds. The van der Waals surface area contributed by atoms with Crippen LogP contribution in [-0.4, -0.2) is 42.9 Å². The summed E-state index contributed by atoms with van der Waals surface area (Å²) < 4.78 is 5.07. The van der Waals surface area contributed by atoms with Crippen LogP contribution in [0.5, 0.6) is 0 Å². The molecule has 0 heterocycles. The number of methoxy groups -OCH3 is 1. The van der Waals surface area contributed by atoms with Crippen LogP contribution in [0.25, 0.3) is 0 Å². The summed E-state index contributed by atoms with van der Waals surface area (Å²) in [5, 5.41) is 0. The molecule has 19 heavy (non-hydrogen) atoms. The summed E-state index contributed by atoms with van der Waals surface area (Å²) in [6.07, 6.45) is 3.46. The standard InChI is InChI=1S/C15H20BrNO2/c1-17(9-14(16)10-19-2)15(18)13-7-6-11-4-3-5-12(11)8-13/h6-8,14H,3-5,9-10H2,1-2H3. The number of hydrogen-bond acceptors (Lipinski definition) is 2. The molecule has 1 unspecified atom stereocenters. The molecule has 0 saturated heterocycles. The molecule has 4 heteroatoms. The zero-order valence-corrected chi connectivity index (χ0v) is 13.1. The smallest absolute Gasteiger partial charge is 0.253 e. The van der Waals surface area contributed by atoms with Gasteiger partial charge in [0.05, 0.1) is 11.4 Å². The van der Waals surface area contributed by atoms with Gasteiger partial charge in [-0.1, -0.05) is 22.0 Å². The molecule has 0 aliphatic heterocycles. The zero-order valence-electron chi connectivity index (χ0n) is 11.5. The number of benzene rings is 1. The van der Waals surface area contributed by atoms with Gasteiger partial charge in [-0.25, -0.2) is 0 Å².